The van der Waals surface area contributed by atoms with Gasteiger partial charge >= 0.3 is 5.97 Å². The molecule has 0 aromatic carbocycles. The van der Waals surface area contributed by atoms with Crippen molar-refractivity contribution in [2.24, 2.45) is 11.8 Å². The molecular weight excluding hydrogens is 320 g/mol. The molecule has 0 heterocycles. The Hall–Kier alpha value is -1.20. The van der Waals surface area contributed by atoms with Gasteiger partial charge < -0.3 is 15.3 Å². The Morgan fingerprint density at radius 2 is 1.96 bits per heavy atom. The average molecular weight is 355 g/mol. The number of aliphatic hydroxyl groups is 2. The van der Waals surface area contributed by atoms with Gasteiger partial charge in [-0.25, -0.2) is 4.79 Å². The van der Waals surface area contributed by atoms with Crippen molar-refractivity contribution < 1.29 is 26.3 Å². The summed E-state index contributed by atoms with van der Waals surface area (Å²) in [7, 11) is 0. The van der Waals surface area contributed by atoms with Crippen molar-refractivity contribution in [3.63, 3.8) is 0 Å². The second-order valence-electron chi connectivity index (χ2n) is 7.07. The van der Waals surface area contributed by atoms with Crippen LogP contribution in [0, 0.1) is 11.8 Å². The molecule has 144 valence electrons. The first-order valence-electron chi connectivity index (χ1n) is 10.2. The Bertz CT molecular complexity index is 475. The molecule has 1 unspecified atom stereocenters. The first kappa shape index (κ1) is 20.1. The third-order valence-electron chi connectivity index (χ3n) is 4.98. The van der Waals surface area contributed by atoms with Crippen LogP contribution in [-0.2, 0) is 9.59 Å². The molecule has 3 N–H and O–H groups in total. The average Bonchev–Trinajstić information content (AvgIpc) is 2.94. The van der Waals surface area contributed by atoms with Gasteiger partial charge in [0.05, 0.1) is 0 Å². The number of hydrogen-bond donors (Lipinski definition) is 3. The standard InChI is InChI=1S/C20H34O5/c1-2-3-4-5-6-8-11-16-13-14-18(21)17(16)12-9-7-10-15-20(24,25)19(22)23/h8,11,16-17,24-25H,2-7,9-10,12-15H2,1H3,(H,22,23)/t16-,17+/m0/s1/i15D/t15?,16-,17+. The Balaban J connectivity index is 2.34. The van der Waals surface area contributed by atoms with Gasteiger partial charge in [0, 0.05) is 20.1 Å². The molecule has 0 spiro atoms. The Morgan fingerprint density at radius 1 is 1.24 bits per heavy atom. The van der Waals surface area contributed by atoms with Crippen LogP contribution < -0.4 is 0 Å². The number of unbranched alkanes of at least 4 members (excludes halogenated alkanes) is 5. The number of ketones is 1. The summed E-state index contributed by atoms with van der Waals surface area (Å²) in [6.07, 6.45) is 12.4. The van der Waals surface area contributed by atoms with Crippen LogP contribution in [0.2, 0.25) is 0 Å². The lowest BCUT2D eigenvalue weighted by Crippen LogP contribution is -2.37. The summed E-state index contributed by atoms with van der Waals surface area (Å²) in [5, 5.41) is 27.4. The maximum atomic E-state index is 12.1. The van der Waals surface area contributed by atoms with Crippen molar-refractivity contribution in [2.75, 3.05) is 0 Å². The van der Waals surface area contributed by atoms with E-state index in [-0.39, 0.29) is 24.0 Å². The van der Waals surface area contributed by atoms with Gasteiger partial charge in [-0.3, -0.25) is 4.79 Å². The maximum absolute atomic E-state index is 12.1. The molecule has 0 saturated heterocycles. The highest BCUT2D eigenvalue weighted by atomic mass is 16.5. The molecule has 1 saturated carbocycles. The highest BCUT2D eigenvalue weighted by Crippen LogP contribution is 2.34. The van der Waals surface area contributed by atoms with Gasteiger partial charge in [0.25, 0.3) is 5.79 Å². The van der Waals surface area contributed by atoms with E-state index in [0.29, 0.717) is 25.7 Å². The van der Waals surface area contributed by atoms with Crippen molar-refractivity contribution >= 4 is 11.8 Å². The van der Waals surface area contributed by atoms with Crippen LogP contribution in [0.3, 0.4) is 0 Å². The molecule has 1 aliphatic carbocycles. The lowest BCUT2D eigenvalue weighted by molar-refractivity contribution is -0.205. The number of carbonyl (C=O) groups is 2. The quantitative estimate of drug-likeness (QED) is 0.265. The summed E-state index contributed by atoms with van der Waals surface area (Å²) in [4.78, 5) is 22.8. The van der Waals surface area contributed by atoms with Crippen LogP contribution in [0.1, 0.15) is 85.3 Å². The fourth-order valence-electron chi connectivity index (χ4n) is 3.40. The van der Waals surface area contributed by atoms with Gasteiger partial charge in [-0.2, -0.15) is 0 Å². The highest BCUT2D eigenvalue weighted by molar-refractivity contribution is 5.83. The van der Waals surface area contributed by atoms with Crippen LogP contribution in [0.15, 0.2) is 12.2 Å². The van der Waals surface area contributed by atoms with E-state index in [1.165, 1.54) is 25.7 Å². The van der Waals surface area contributed by atoms with Gasteiger partial charge in [0.15, 0.2) is 0 Å². The summed E-state index contributed by atoms with van der Waals surface area (Å²) in [5.41, 5.74) is 0. The predicted octanol–water partition coefficient (Wildman–Crippen LogP) is 3.82. The van der Waals surface area contributed by atoms with Crippen LogP contribution in [0.4, 0.5) is 0 Å². The number of rotatable bonds is 13. The van der Waals surface area contributed by atoms with Crippen LogP contribution in [-0.4, -0.2) is 32.9 Å². The predicted molar refractivity (Wildman–Crippen MR) is 97.0 cm³/mol. The molecule has 0 aromatic rings. The van der Waals surface area contributed by atoms with Crippen LogP contribution in [0.25, 0.3) is 0 Å². The number of carbonyl (C=O) groups excluding carboxylic acids is 1. The second-order valence-corrected chi connectivity index (χ2v) is 7.07. The minimum absolute atomic E-state index is 0.0126. The molecule has 0 amide bonds. The van der Waals surface area contributed by atoms with E-state index in [0.717, 1.165) is 12.8 Å². The minimum atomic E-state index is -3.01. The fourth-order valence-corrected chi connectivity index (χ4v) is 3.40. The number of carboxylic acid groups (broad SMARTS) is 1. The summed E-state index contributed by atoms with van der Waals surface area (Å²) in [6.45, 7) is 2.19. The molecule has 5 heteroatoms. The molecular formula is C20H34O5. The first-order valence-corrected chi connectivity index (χ1v) is 9.60. The van der Waals surface area contributed by atoms with Crippen molar-refractivity contribution in [3.05, 3.63) is 12.2 Å². The SMILES string of the molecule is [2H]C(CCCC[C@H]1C(=O)CC[C@@H]1C=CCCCCCC)C(O)(O)C(=O)O. The Labute approximate surface area is 152 Å². The summed E-state index contributed by atoms with van der Waals surface area (Å²) < 4.78 is 7.57. The maximum Gasteiger partial charge on any atom is 0.364 e. The number of Topliss-reactive ketones (excluding diaryl/α,β-unsaturated/α-hetero) is 1. The molecule has 25 heavy (non-hydrogen) atoms. The number of allylic oxidation sites excluding steroid dienone is 2. The van der Waals surface area contributed by atoms with Crippen molar-refractivity contribution in [2.45, 2.75) is 89.7 Å². The van der Waals surface area contributed by atoms with E-state index in [4.69, 9.17) is 6.48 Å². The van der Waals surface area contributed by atoms with Crippen molar-refractivity contribution in [1.29, 1.82) is 0 Å². The molecule has 1 rings (SSSR count). The smallest absolute Gasteiger partial charge is 0.364 e. The zero-order chi connectivity index (χ0) is 19.6. The number of carboxylic acids is 1. The normalized spacial score (nSPS) is 23.2. The topological polar surface area (TPSA) is 94.8 Å². The highest BCUT2D eigenvalue weighted by Gasteiger charge is 2.33. The van der Waals surface area contributed by atoms with E-state index in [1.54, 1.807) is 0 Å². The second kappa shape index (κ2) is 11.4. The van der Waals surface area contributed by atoms with Gasteiger partial charge in [0.1, 0.15) is 5.78 Å². The Kier molecular flexibility index (Phi) is 9.19. The summed E-state index contributed by atoms with van der Waals surface area (Å²) in [5.74, 6) is -4.22. The van der Waals surface area contributed by atoms with E-state index in [9.17, 15) is 19.8 Å². The molecule has 0 radical (unpaired) electrons. The number of aliphatic carboxylic acids is 1. The summed E-state index contributed by atoms with van der Waals surface area (Å²) >= 11 is 0. The van der Waals surface area contributed by atoms with Crippen molar-refractivity contribution in [3.8, 4) is 0 Å². The van der Waals surface area contributed by atoms with Gasteiger partial charge in [-0.1, -0.05) is 51.2 Å². The monoisotopic (exact) mass is 355 g/mol. The molecule has 0 aliphatic heterocycles. The summed E-state index contributed by atoms with van der Waals surface area (Å²) in [6, 6.07) is 0. The van der Waals surface area contributed by atoms with Crippen LogP contribution >= 0.6 is 0 Å². The fraction of sp³-hybridized carbons (Fsp3) is 0.800. The van der Waals surface area contributed by atoms with Gasteiger partial charge in [0.2, 0.25) is 0 Å². The Morgan fingerprint density at radius 3 is 2.64 bits per heavy atom. The molecule has 3 atom stereocenters. The first-order chi connectivity index (χ1) is 12.3. The van der Waals surface area contributed by atoms with E-state index >= 15 is 0 Å². The molecule has 5 nitrogen and oxygen atoms in total. The van der Waals surface area contributed by atoms with Crippen molar-refractivity contribution in [1.82, 2.24) is 0 Å². The van der Waals surface area contributed by atoms with E-state index in [2.05, 4.69) is 19.1 Å². The van der Waals surface area contributed by atoms with Crippen LogP contribution in [0.5, 0.6) is 0 Å². The largest absolute Gasteiger partial charge is 0.477 e. The van der Waals surface area contributed by atoms with Gasteiger partial charge in [-0.05, 0) is 38.0 Å². The third kappa shape index (κ3) is 8.15. The van der Waals surface area contributed by atoms with E-state index in [1.807, 2.05) is 0 Å². The zero-order valence-corrected chi connectivity index (χ0v) is 15.3. The molecule has 1 fully saturated rings. The third-order valence-corrected chi connectivity index (χ3v) is 4.98. The number of hydrogen-bond acceptors (Lipinski definition) is 4. The molecule has 0 aromatic heterocycles. The molecule has 0 bridgehead atoms. The lowest BCUT2D eigenvalue weighted by atomic mass is 9.89. The lowest BCUT2D eigenvalue weighted by Gasteiger charge is -2.17. The van der Waals surface area contributed by atoms with Gasteiger partial charge in [-0.15, -0.1) is 0 Å². The molecule has 1 aliphatic rings. The zero-order valence-electron chi connectivity index (χ0n) is 16.3. The van der Waals surface area contributed by atoms with E-state index < -0.39 is 18.2 Å². The minimum Gasteiger partial charge on any atom is -0.477 e.